The molecule has 72 valence electrons. The molecule has 0 aliphatic carbocycles. The smallest absolute Gasteiger partial charge is 0.0808 e. The summed E-state index contributed by atoms with van der Waals surface area (Å²) in [7, 11) is 2.28. The lowest BCUT2D eigenvalue weighted by atomic mass is 9.77. The first-order valence-electron chi connectivity index (χ1n) is 5.52. The van der Waals surface area contributed by atoms with Crippen molar-refractivity contribution in [3.8, 4) is 0 Å². The second kappa shape index (κ2) is 5.67. The first-order chi connectivity index (χ1) is 5.52. The summed E-state index contributed by atoms with van der Waals surface area (Å²) in [6.07, 6.45) is 6.83. The van der Waals surface area contributed by atoms with Gasteiger partial charge in [-0.15, -0.1) is 0 Å². The average Bonchev–Trinajstić information content (AvgIpc) is 1.85. The summed E-state index contributed by atoms with van der Waals surface area (Å²) in [5.41, 5.74) is 0.573. The van der Waals surface area contributed by atoms with Crippen LogP contribution in [-0.2, 0) is 0 Å². The van der Waals surface area contributed by atoms with Crippen LogP contribution in [0.25, 0.3) is 0 Å². The fraction of sp³-hybridized carbons (Fsp3) is 1.00. The van der Waals surface area contributed by atoms with Gasteiger partial charge < -0.3 is 0 Å². The topological polar surface area (TPSA) is 0 Å². The summed E-state index contributed by atoms with van der Waals surface area (Å²) in [6, 6.07) is 0. The van der Waals surface area contributed by atoms with E-state index in [2.05, 4.69) is 35.5 Å². The third kappa shape index (κ3) is 5.68. The van der Waals surface area contributed by atoms with Crippen molar-refractivity contribution in [3.63, 3.8) is 0 Å². The molecular weight excluding hydrogens is 143 g/mol. The number of hydrogen-bond acceptors (Lipinski definition) is 0. The van der Waals surface area contributed by atoms with Gasteiger partial charge in [0.05, 0.1) is 0 Å². The molecule has 0 bridgehead atoms. The van der Waals surface area contributed by atoms with Gasteiger partial charge in [0.2, 0.25) is 0 Å². The van der Waals surface area contributed by atoms with E-state index in [1.54, 1.807) is 0 Å². The molecule has 0 fully saturated rings. The van der Waals surface area contributed by atoms with Gasteiger partial charge in [0.15, 0.2) is 0 Å². The van der Waals surface area contributed by atoms with Crippen LogP contribution in [0.4, 0.5) is 0 Å². The van der Waals surface area contributed by atoms with Crippen molar-refractivity contribution in [1.82, 2.24) is 0 Å². The summed E-state index contributed by atoms with van der Waals surface area (Å²) >= 11 is 0. The highest BCUT2D eigenvalue weighted by Gasteiger charge is 2.19. The normalized spacial score (nSPS) is 14.7. The van der Waals surface area contributed by atoms with Crippen molar-refractivity contribution in [2.75, 3.05) is 0 Å². The Morgan fingerprint density at radius 1 is 1.33 bits per heavy atom. The van der Waals surface area contributed by atoms with Crippen molar-refractivity contribution in [1.29, 1.82) is 0 Å². The Kier molecular flexibility index (Phi) is 5.70. The average molecular weight is 168 g/mol. The van der Waals surface area contributed by atoms with Gasteiger partial charge in [-0.2, -0.15) is 0 Å². The summed E-state index contributed by atoms with van der Waals surface area (Å²) in [6.45, 7) is 9.48. The summed E-state index contributed by atoms with van der Waals surface area (Å²) in [5.74, 6) is 0.913. The minimum absolute atomic E-state index is 0.573. The molecule has 0 saturated heterocycles. The van der Waals surface area contributed by atoms with Crippen molar-refractivity contribution in [2.45, 2.75) is 59.7 Å². The van der Waals surface area contributed by atoms with Gasteiger partial charge in [-0.05, 0) is 24.2 Å². The Morgan fingerprint density at radius 2 is 1.92 bits per heavy atom. The van der Waals surface area contributed by atoms with E-state index in [4.69, 9.17) is 0 Å². The SMILES string of the molecule is BCCC(C)CC(C)(C)CCC. The molecule has 0 aromatic heterocycles. The van der Waals surface area contributed by atoms with E-state index in [0.29, 0.717) is 5.41 Å². The van der Waals surface area contributed by atoms with Crippen LogP contribution in [0.3, 0.4) is 0 Å². The van der Waals surface area contributed by atoms with Gasteiger partial charge in [-0.25, -0.2) is 0 Å². The molecule has 0 heterocycles. The molecule has 0 amide bonds. The lowest BCUT2D eigenvalue weighted by Gasteiger charge is -2.27. The first kappa shape index (κ1) is 12.1. The van der Waals surface area contributed by atoms with Crippen LogP contribution in [0.2, 0.25) is 6.32 Å². The van der Waals surface area contributed by atoms with Crippen molar-refractivity contribution < 1.29 is 0 Å². The number of hydrogen-bond donors (Lipinski definition) is 0. The van der Waals surface area contributed by atoms with Crippen LogP contribution in [0.5, 0.6) is 0 Å². The lowest BCUT2D eigenvalue weighted by Crippen LogP contribution is -2.15. The highest BCUT2D eigenvalue weighted by atomic mass is 14.2. The molecule has 0 nitrogen and oxygen atoms in total. The molecule has 0 aliphatic rings. The fourth-order valence-electron chi connectivity index (χ4n) is 2.32. The molecule has 0 rings (SSSR count). The Morgan fingerprint density at radius 3 is 2.33 bits per heavy atom. The highest BCUT2D eigenvalue weighted by molar-refractivity contribution is 6.08. The molecule has 0 radical (unpaired) electrons. The summed E-state index contributed by atoms with van der Waals surface area (Å²) in [5, 5.41) is 0. The minimum atomic E-state index is 0.573. The van der Waals surface area contributed by atoms with Gasteiger partial charge in [0, 0.05) is 0 Å². The van der Waals surface area contributed by atoms with Crippen LogP contribution in [0, 0.1) is 11.3 Å². The second-order valence-corrected chi connectivity index (χ2v) is 5.01. The molecule has 1 heteroatoms. The van der Waals surface area contributed by atoms with Gasteiger partial charge in [0.1, 0.15) is 7.85 Å². The minimum Gasteiger partial charge on any atom is -0.0808 e. The lowest BCUT2D eigenvalue weighted by molar-refractivity contribution is 0.251. The maximum Gasteiger partial charge on any atom is 0.101 e. The van der Waals surface area contributed by atoms with E-state index < -0.39 is 0 Å². The van der Waals surface area contributed by atoms with E-state index in [0.717, 1.165) is 5.92 Å². The molecule has 12 heavy (non-hydrogen) atoms. The van der Waals surface area contributed by atoms with Gasteiger partial charge >= 0.3 is 0 Å². The Balaban J connectivity index is 3.70. The summed E-state index contributed by atoms with van der Waals surface area (Å²) < 4.78 is 0. The van der Waals surface area contributed by atoms with Gasteiger partial charge in [-0.3, -0.25) is 0 Å². The molecule has 0 aromatic carbocycles. The van der Waals surface area contributed by atoms with Crippen LogP contribution < -0.4 is 0 Å². The molecule has 1 atom stereocenters. The van der Waals surface area contributed by atoms with Crippen molar-refractivity contribution in [2.24, 2.45) is 11.3 Å². The largest absolute Gasteiger partial charge is 0.101 e. The summed E-state index contributed by atoms with van der Waals surface area (Å²) in [4.78, 5) is 0. The Bertz CT molecular complexity index is 108. The third-order valence-corrected chi connectivity index (χ3v) is 2.61. The monoisotopic (exact) mass is 168 g/mol. The molecule has 1 unspecified atom stereocenters. The van der Waals surface area contributed by atoms with E-state index in [1.165, 1.54) is 32.0 Å². The van der Waals surface area contributed by atoms with Crippen LogP contribution in [-0.4, -0.2) is 7.85 Å². The van der Waals surface area contributed by atoms with E-state index >= 15 is 0 Å². The quantitative estimate of drug-likeness (QED) is 0.534. The van der Waals surface area contributed by atoms with Crippen molar-refractivity contribution in [3.05, 3.63) is 0 Å². The highest BCUT2D eigenvalue weighted by Crippen LogP contribution is 2.31. The number of rotatable bonds is 6. The molecule has 0 spiro atoms. The standard InChI is InChI=1S/C11H25B/c1-5-7-11(3,4)9-10(2)6-8-12/h10H,5-9,12H2,1-4H3. The van der Waals surface area contributed by atoms with E-state index in [1.807, 2.05) is 0 Å². The Hall–Kier alpha value is 0.0649. The molecule has 0 aliphatic heterocycles. The molecule has 0 saturated carbocycles. The van der Waals surface area contributed by atoms with Crippen molar-refractivity contribution >= 4 is 7.85 Å². The van der Waals surface area contributed by atoms with Crippen LogP contribution in [0.1, 0.15) is 53.4 Å². The molecule has 0 N–H and O–H groups in total. The van der Waals surface area contributed by atoms with Crippen LogP contribution in [0.15, 0.2) is 0 Å². The third-order valence-electron chi connectivity index (χ3n) is 2.61. The maximum absolute atomic E-state index is 2.41. The van der Waals surface area contributed by atoms with Gasteiger partial charge in [-0.1, -0.05) is 46.9 Å². The molecule has 0 aromatic rings. The fourth-order valence-corrected chi connectivity index (χ4v) is 2.32. The predicted octanol–water partition coefficient (Wildman–Crippen LogP) is 3.28. The zero-order valence-electron chi connectivity index (χ0n) is 9.61. The van der Waals surface area contributed by atoms with Gasteiger partial charge in [0.25, 0.3) is 0 Å². The Labute approximate surface area is 79.5 Å². The van der Waals surface area contributed by atoms with Crippen LogP contribution >= 0.6 is 0 Å². The predicted molar refractivity (Wildman–Crippen MR) is 60.4 cm³/mol. The second-order valence-electron chi connectivity index (χ2n) is 5.01. The maximum atomic E-state index is 2.41. The molecular formula is C11H25B. The van der Waals surface area contributed by atoms with E-state index in [-0.39, 0.29) is 0 Å². The van der Waals surface area contributed by atoms with E-state index in [9.17, 15) is 0 Å². The first-order valence-corrected chi connectivity index (χ1v) is 5.52. The zero-order valence-corrected chi connectivity index (χ0v) is 9.61. The zero-order chi connectivity index (χ0) is 9.61.